The maximum atomic E-state index is 13.7. The number of aromatic nitrogens is 1. The Hall–Kier alpha value is -4.23. The molecule has 1 fully saturated rings. The lowest BCUT2D eigenvalue weighted by Crippen LogP contribution is -2.43. The van der Waals surface area contributed by atoms with Gasteiger partial charge in [0, 0.05) is 45.2 Å². The molecule has 1 saturated carbocycles. The number of aliphatic carboxylic acids is 2. The number of carbonyl (C=O) groups is 3. The van der Waals surface area contributed by atoms with Crippen LogP contribution in [0, 0.1) is 5.82 Å². The van der Waals surface area contributed by atoms with E-state index in [1.165, 1.54) is 44.6 Å². The number of hydrogen-bond acceptors (Lipinski definition) is 8. The van der Waals surface area contributed by atoms with E-state index in [0.717, 1.165) is 59.8 Å². The third kappa shape index (κ3) is 16.0. The van der Waals surface area contributed by atoms with E-state index in [-0.39, 0.29) is 22.3 Å². The highest BCUT2D eigenvalue weighted by Gasteiger charge is 2.39. The van der Waals surface area contributed by atoms with Crippen LogP contribution in [0.25, 0.3) is 10.2 Å². The number of benzene rings is 2. The van der Waals surface area contributed by atoms with E-state index in [9.17, 15) is 45.4 Å². The number of phenolic OH excluding ortho intramolecular Hbond substituents is 1. The number of thiazole rings is 1. The molecule has 0 spiro atoms. The van der Waals surface area contributed by atoms with Crippen LogP contribution >= 0.6 is 11.3 Å². The minimum atomic E-state index is -5.08. The van der Waals surface area contributed by atoms with Crippen LogP contribution in [-0.4, -0.2) is 99.1 Å². The molecule has 0 saturated heterocycles. The lowest BCUT2D eigenvalue weighted by Gasteiger charge is -2.33. The largest absolute Gasteiger partial charge is 0.506 e. The van der Waals surface area contributed by atoms with Crippen molar-refractivity contribution in [1.29, 1.82) is 0 Å². The number of amides is 1. The molecule has 11 nitrogen and oxygen atoms in total. The first-order chi connectivity index (χ1) is 24.3. The molecule has 290 valence electrons. The van der Waals surface area contributed by atoms with Crippen molar-refractivity contribution in [2.75, 3.05) is 32.7 Å². The SMILES string of the molecule is NC(=O)CCN(CCc1cccc(F)c1)CCN(CCc1ccc(O)c2[nH]c(=O)sc12)C1CCCCCC1.O=C(O)C(F)(F)F.O=C(O)C(F)(F)F. The van der Waals surface area contributed by atoms with E-state index in [4.69, 9.17) is 25.5 Å². The summed E-state index contributed by atoms with van der Waals surface area (Å²) in [5.41, 5.74) is 7.99. The summed E-state index contributed by atoms with van der Waals surface area (Å²) in [6.45, 7) is 3.81. The average Bonchev–Trinajstić information content (AvgIpc) is 3.26. The summed E-state index contributed by atoms with van der Waals surface area (Å²) in [7, 11) is 0. The van der Waals surface area contributed by atoms with Crippen molar-refractivity contribution in [3.8, 4) is 5.75 Å². The Kier molecular flexibility index (Phi) is 17.5. The lowest BCUT2D eigenvalue weighted by atomic mass is 10.0. The first-order valence-corrected chi connectivity index (χ1v) is 17.0. The summed E-state index contributed by atoms with van der Waals surface area (Å²) < 4.78 is 78.0. The summed E-state index contributed by atoms with van der Waals surface area (Å²) in [6.07, 6.45) is -1.02. The van der Waals surface area contributed by atoms with E-state index < -0.39 is 24.3 Å². The minimum Gasteiger partial charge on any atom is -0.506 e. The lowest BCUT2D eigenvalue weighted by molar-refractivity contribution is -0.193. The zero-order valence-corrected chi connectivity index (χ0v) is 28.8. The van der Waals surface area contributed by atoms with Crippen molar-refractivity contribution >= 4 is 39.4 Å². The van der Waals surface area contributed by atoms with Gasteiger partial charge in [-0.15, -0.1) is 0 Å². The van der Waals surface area contributed by atoms with E-state index in [1.54, 1.807) is 18.2 Å². The highest BCUT2D eigenvalue weighted by atomic mass is 32.1. The van der Waals surface area contributed by atoms with Crippen LogP contribution < -0.4 is 10.6 Å². The third-order valence-electron chi connectivity index (χ3n) is 8.12. The van der Waals surface area contributed by atoms with Crippen LogP contribution in [-0.2, 0) is 27.2 Å². The molecule has 52 heavy (non-hydrogen) atoms. The monoisotopic (exact) mass is 770 g/mol. The van der Waals surface area contributed by atoms with Gasteiger partial charge in [0.1, 0.15) is 17.1 Å². The number of carboxylic acid groups (broad SMARTS) is 2. The Balaban J connectivity index is 0.000000564. The van der Waals surface area contributed by atoms with Gasteiger partial charge < -0.3 is 30.9 Å². The Morgan fingerprint density at radius 1 is 0.846 bits per heavy atom. The second-order valence-corrected chi connectivity index (χ2v) is 12.9. The molecule has 0 radical (unpaired) electrons. The number of halogens is 7. The smallest absolute Gasteiger partial charge is 0.490 e. The molecule has 1 aliphatic carbocycles. The number of alkyl halides is 6. The topological polar surface area (TPSA) is 177 Å². The molecule has 1 heterocycles. The molecular weight excluding hydrogens is 729 g/mol. The summed E-state index contributed by atoms with van der Waals surface area (Å²) in [5.74, 6) is -5.96. The molecular formula is C33H41F7N4O7S. The van der Waals surface area contributed by atoms with Gasteiger partial charge in [-0.1, -0.05) is 55.2 Å². The van der Waals surface area contributed by atoms with E-state index in [1.807, 2.05) is 12.1 Å². The predicted molar refractivity (Wildman–Crippen MR) is 179 cm³/mol. The number of aromatic amines is 1. The zero-order chi connectivity index (χ0) is 39.1. The maximum absolute atomic E-state index is 13.7. The molecule has 19 heteroatoms. The van der Waals surface area contributed by atoms with Gasteiger partial charge in [-0.2, -0.15) is 26.3 Å². The number of nitrogens with zero attached hydrogens (tertiary/aromatic N) is 2. The van der Waals surface area contributed by atoms with Crippen LogP contribution in [0.5, 0.6) is 5.75 Å². The Morgan fingerprint density at radius 3 is 1.98 bits per heavy atom. The fourth-order valence-corrected chi connectivity index (χ4v) is 6.38. The van der Waals surface area contributed by atoms with Crippen molar-refractivity contribution in [2.24, 2.45) is 5.73 Å². The third-order valence-corrected chi connectivity index (χ3v) is 9.08. The Bertz CT molecular complexity index is 1630. The number of H-pyrrole nitrogens is 1. The summed E-state index contributed by atoms with van der Waals surface area (Å²) >= 11 is 1.15. The number of phenols is 1. The first kappa shape index (κ1) is 43.9. The zero-order valence-electron chi connectivity index (χ0n) is 27.9. The highest BCUT2D eigenvalue weighted by molar-refractivity contribution is 7.16. The van der Waals surface area contributed by atoms with Crippen LogP contribution in [0.1, 0.15) is 56.1 Å². The molecule has 0 bridgehead atoms. The fraction of sp³-hybridized carbons (Fsp3) is 0.515. The fourth-order valence-electron chi connectivity index (χ4n) is 5.49. The maximum Gasteiger partial charge on any atom is 0.490 e. The molecule has 0 aliphatic heterocycles. The number of aromatic hydroxyl groups is 1. The Morgan fingerprint density at radius 2 is 1.44 bits per heavy atom. The van der Waals surface area contributed by atoms with Gasteiger partial charge in [0.15, 0.2) is 0 Å². The number of nitrogens with two attached hydrogens (primary N) is 1. The van der Waals surface area contributed by atoms with Crippen molar-refractivity contribution in [3.05, 3.63) is 63.0 Å². The van der Waals surface area contributed by atoms with Gasteiger partial charge in [-0.3, -0.25) is 14.5 Å². The molecule has 2 aromatic carbocycles. The molecule has 0 unspecified atom stereocenters. The van der Waals surface area contributed by atoms with E-state index >= 15 is 0 Å². The van der Waals surface area contributed by atoms with Gasteiger partial charge in [0.05, 0.1) is 4.70 Å². The van der Waals surface area contributed by atoms with E-state index in [0.29, 0.717) is 30.9 Å². The molecule has 1 aliphatic rings. The molecule has 1 amide bonds. The van der Waals surface area contributed by atoms with Crippen LogP contribution in [0.2, 0.25) is 0 Å². The van der Waals surface area contributed by atoms with Gasteiger partial charge >= 0.3 is 29.2 Å². The summed E-state index contributed by atoms with van der Waals surface area (Å²) in [4.78, 5) is 48.7. The number of carboxylic acids is 2. The highest BCUT2D eigenvalue weighted by Crippen LogP contribution is 2.29. The number of rotatable bonds is 13. The van der Waals surface area contributed by atoms with Gasteiger partial charge in [0.25, 0.3) is 0 Å². The van der Waals surface area contributed by atoms with Crippen LogP contribution in [0.4, 0.5) is 30.7 Å². The van der Waals surface area contributed by atoms with Crippen molar-refractivity contribution in [3.63, 3.8) is 0 Å². The quantitative estimate of drug-likeness (QED) is 0.108. The normalized spacial score (nSPS) is 13.9. The van der Waals surface area contributed by atoms with Crippen molar-refractivity contribution < 1.29 is 60.4 Å². The number of carbonyl (C=O) groups excluding carboxylic acids is 1. The standard InChI is InChI=1S/C29H39FN4O3S.2C2HF3O2/c30-23-7-5-6-21(20-23)12-15-33(16-14-26(31)36)18-19-34(24-8-3-1-2-4-9-24)17-13-22-10-11-25(35)27-28(22)38-29(37)32-27;2*3-2(4,5)1(6)7/h5-7,10-11,20,24,35H,1-4,8-9,12-19H2,(H2,31,36)(H,32,37);2*(H,6,7). The minimum absolute atomic E-state index is 0.103. The second kappa shape index (κ2) is 20.7. The van der Waals surface area contributed by atoms with Gasteiger partial charge in [-0.25, -0.2) is 14.0 Å². The van der Waals surface area contributed by atoms with Crippen molar-refractivity contribution in [1.82, 2.24) is 14.8 Å². The predicted octanol–water partition coefficient (Wildman–Crippen LogP) is 5.69. The molecule has 6 N–H and O–H groups in total. The van der Waals surface area contributed by atoms with Crippen molar-refractivity contribution in [2.45, 2.75) is 76.2 Å². The molecule has 3 aromatic rings. The van der Waals surface area contributed by atoms with Crippen LogP contribution in [0.3, 0.4) is 0 Å². The first-order valence-electron chi connectivity index (χ1n) is 16.2. The molecule has 1 aromatic heterocycles. The van der Waals surface area contributed by atoms with Gasteiger partial charge in [-0.05, 0) is 55.0 Å². The summed E-state index contributed by atoms with van der Waals surface area (Å²) in [5, 5.41) is 24.4. The molecule has 4 rings (SSSR count). The number of fused-ring (bicyclic) bond motifs is 1. The Labute approximate surface area is 297 Å². The number of primary amides is 1. The average molecular weight is 771 g/mol. The van der Waals surface area contributed by atoms with Gasteiger partial charge in [0.2, 0.25) is 5.91 Å². The second-order valence-electron chi connectivity index (χ2n) is 11.9. The van der Waals surface area contributed by atoms with E-state index in [2.05, 4.69) is 14.8 Å². The summed E-state index contributed by atoms with van der Waals surface area (Å²) in [6, 6.07) is 10.8. The number of hydrogen-bond donors (Lipinski definition) is 5. The molecule has 0 atom stereocenters. The number of nitrogens with one attached hydrogen (secondary N) is 1. The van der Waals surface area contributed by atoms with Crippen LogP contribution in [0.15, 0.2) is 41.2 Å².